The lowest BCUT2D eigenvalue weighted by atomic mass is 10.3. The molecule has 1 heterocycles. The van der Waals surface area contributed by atoms with Gasteiger partial charge in [0, 0.05) is 8.04 Å². The Morgan fingerprint density at radius 2 is 2.18 bits per heavy atom. The van der Waals surface area contributed by atoms with Gasteiger partial charge in [0.05, 0.1) is 11.9 Å². The number of nitrogens with one attached hydrogen (secondary N) is 1. The topological polar surface area (TPSA) is 63.8 Å². The fourth-order valence-corrected chi connectivity index (χ4v) is 2.58. The number of hydrogen-bond donors (Lipinski definition) is 2. The lowest BCUT2D eigenvalue weighted by Crippen LogP contribution is -2.02. The maximum Gasteiger partial charge on any atom is 0.222 e. The van der Waals surface area contributed by atoms with E-state index in [1.165, 1.54) is 0 Å². The number of nitrogen functional groups attached to an aromatic ring is 1. The Bertz CT molecular complexity index is 564. The Balaban J connectivity index is 2.34. The first-order valence-corrected chi connectivity index (χ1v) is 6.43. The van der Waals surface area contributed by atoms with Crippen LogP contribution < -0.4 is 11.1 Å². The first-order valence-electron chi connectivity index (χ1n) is 4.56. The molecule has 0 aliphatic heterocycles. The smallest absolute Gasteiger partial charge is 0.222 e. The summed E-state index contributed by atoms with van der Waals surface area (Å²) in [6.07, 6.45) is 1.03. The van der Waals surface area contributed by atoms with Crippen LogP contribution in [0.3, 0.4) is 0 Å². The summed E-state index contributed by atoms with van der Waals surface area (Å²) in [5, 5.41) is 2.85. The van der Waals surface area contributed by atoms with E-state index < -0.39 is 5.82 Å². The molecule has 2 aromatic rings. The third kappa shape index (κ3) is 3.03. The van der Waals surface area contributed by atoms with Crippen molar-refractivity contribution in [3.63, 3.8) is 0 Å². The number of aromatic nitrogens is 2. The van der Waals surface area contributed by atoms with Crippen LogP contribution in [0.2, 0.25) is 0 Å². The highest BCUT2D eigenvalue weighted by atomic mass is 127. The minimum absolute atomic E-state index is 0.0236. The number of hydrogen-bond acceptors (Lipinski definition) is 4. The molecule has 0 saturated heterocycles. The van der Waals surface area contributed by atoms with Crippen molar-refractivity contribution in [3.05, 3.63) is 38.3 Å². The molecule has 1 aromatic carbocycles. The molecule has 0 saturated carbocycles. The summed E-state index contributed by atoms with van der Waals surface area (Å²) in [4.78, 5) is 7.35. The van der Waals surface area contributed by atoms with E-state index in [0.29, 0.717) is 5.69 Å². The van der Waals surface area contributed by atoms with Gasteiger partial charge in [-0.25, -0.2) is 9.37 Å². The summed E-state index contributed by atoms with van der Waals surface area (Å²) in [6.45, 7) is 0. The maximum absolute atomic E-state index is 13.4. The van der Waals surface area contributed by atoms with Crippen LogP contribution in [-0.4, -0.2) is 9.97 Å². The number of anilines is 3. The van der Waals surface area contributed by atoms with Crippen molar-refractivity contribution in [3.8, 4) is 0 Å². The van der Waals surface area contributed by atoms with Gasteiger partial charge >= 0.3 is 0 Å². The first kappa shape index (κ1) is 12.5. The fourth-order valence-electron chi connectivity index (χ4n) is 1.19. The van der Waals surface area contributed by atoms with E-state index in [0.717, 1.165) is 14.2 Å². The minimum Gasteiger partial charge on any atom is -0.368 e. The highest BCUT2D eigenvalue weighted by molar-refractivity contribution is 14.1. The van der Waals surface area contributed by atoms with Crippen LogP contribution in [0.1, 0.15) is 0 Å². The molecule has 0 radical (unpaired) electrons. The minimum atomic E-state index is -0.551. The summed E-state index contributed by atoms with van der Waals surface area (Å²) in [6, 6.07) is 5.63. The van der Waals surface area contributed by atoms with Gasteiger partial charge in [-0.1, -0.05) is 0 Å². The van der Waals surface area contributed by atoms with Gasteiger partial charge in [0.1, 0.15) is 0 Å². The molecule has 4 nitrogen and oxygen atoms in total. The normalized spacial score (nSPS) is 10.3. The molecule has 1 aromatic heterocycles. The third-order valence-corrected chi connectivity index (χ3v) is 3.27. The van der Waals surface area contributed by atoms with Crippen LogP contribution in [0.15, 0.2) is 28.9 Å². The second-order valence-electron chi connectivity index (χ2n) is 3.17. The van der Waals surface area contributed by atoms with Crippen LogP contribution in [0.5, 0.6) is 0 Å². The van der Waals surface area contributed by atoms with Gasteiger partial charge in [0.15, 0.2) is 11.6 Å². The second-order valence-corrected chi connectivity index (χ2v) is 5.27. The molecule has 0 atom stereocenters. The number of benzene rings is 1. The van der Waals surface area contributed by atoms with E-state index in [1.807, 2.05) is 18.2 Å². The Kier molecular flexibility index (Phi) is 3.77. The lowest BCUT2D eigenvalue weighted by Gasteiger charge is -2.08. The predicted octanol–water partition coefficient (Wildman–Crippen LogP) is 3.31. The highest BCUT2D eigenvalue weighted by Gasteiger charge is 2.07. The second kappa shape index (κ2) is 5.13. The van der Waals surface area contributed by atoms with E-state index >= 15 is 0 Å². The predicted molar refractivity (Wildman–Crippen MR) is 76.5 cm³/mol. The van der Waals surface area contributed by atoms with Crippen molar-refractivity contribution in [2.75, 3.05) is 11.1 Å². The van der Waals surface area contributed by atoms with Crippen molar-refractivity contribution < 1.29 is 4.39 Å². The zero-order valence-electron chi connectivity index (χ0n) is 8.42. The van der Waals surface area contributed by atoms with Gasteiger partial charge in [0.2, 0.25) is 5.95 Å². The van der Waals surface area contributed by atoms with Gasteiger partial charge in [-0.15, -0.1) is 0 Å². The summed E-state index contributed by atoms with van der Waals surface area (Å²) >= 11 is 5.57. The van der Waals surface area contributed by atoms with Crippen molar-refractivity contribution in [1.82, 2.24) is 9.97 Å². The molecule has 17 heavy (non-hydrogen) atoms. The summed E-state index contributed by atoms with van der Waals surface area (Å²) in [7, 11) is 0. The molecule has 0 unspecified atom stereocenters. The van der Waals surface area contributed by atoms with Crippen molar-refractivity contribution in [2.24, 2.45) is 0 Å². The van der Waals surface area contributed by atoms with Gasteiger partial charge in [-0.3, -0.25) is 0 Å². The van der Waals surface area contributed by atoms with Crippen molar-refractivity contribution in [1.29, 1.82) is 0 Å². The molecular weight excluding hydrogens is 402 g/mol. The van der Waals surface area contributed by atoms with E-state index in [-0.39, 0.29) is 11.8 Å². The Labute approximate surface area is 119 Å². The number of nitrogens with two attached hydrogens (primary N) is 1. The summed E-state index contributed by atoms with van der Waals surface area (Å²) < 4.78 is 15.3. The molecule has 0 aliphatic carbocycles. The molecule has 0 bridgehead atoms. The van der Waals surface area contributed by atoms with E-state index in [1.54, 1.807) is 0 Å². The Morgan fingerprint density at radius 1 is 1.41 bits per heavy atom. The van der Waals surface area contributed by atoms with Crippen LogP contribution in [0.4, 0.5) is 21.8 Å². The number of halogens is 3. The van der Waals surface area contributed by atoms with Crippen LogP contribution >= 0.6 is 38.5 Å². The monoisotopic (exact) mass is 408 g/mol. The van der Waals surface area contributed by atoms with E-state index in [4.69, 9.17) is 5.73 Å². The average molecular weight is 409 g/mol. The molecule has 3 N–H and O–H groups in total. The molecule has 88 valence electrons. The van der Waals surface area contributed by atoms with Gasteiger partial charge < -0.3 is 11.1 Å². The summed E-state index contributed by atoms with van der Waals surface area (Å²) in [5.74, 6) is -0.473. The summed E-state index contributed by atoms with van der Waals surface area (Å²) in [5.41, 5.74) is 6.11. The molecule has 0 fully saturated rings. The zero-order chi connectivity index (χ0) is 12.4. The van der Waals surface area contributed by atoms with Crippen molar-refractivity contribution >= 4 is 56.0 Å². The fraction of sp³-hybridized carbons (Fsp3) is 0. The first-order chi connectivity index (χ1) is 8.06. The van der Waals surface area contributed by atoms with Crippen LogP contribution in [0.25, 0.3) is 0 Å². The average Bonchev–Trinajstić information content (AvgIpc) is 2.27. The maximum atomic E-state index is 13.4. The molecular formula is C10H7BrFIN4. The highest BCUT2D eigenvalue weighted by Crippen LogP contribution is 2.27. The number of nitrogens with zero attached hydrogens (tertiary/aromatic N) is 2. The lowest BCUT2D eigenvalue weighted by molar-refractivity contribution is 0.620. The zero-order valence-corrected chi connectivity index (χ0v) is 12.2. The Hall–Kier alpha value is -0.960. The molecule has 0 spiro atoms. The third-order valence-electron chi connectivity index (χ3n) is 1.95. The number of rotatable bonds is 2. The Morgan fingerprint density at radius 3 is 2.88 bits per heavy atom. The van der Waals surface area contributed by atoms with Gasteiger partial charge in [-0.05, 0) is 56.7 Å². The van der Waals surface area contributed by atoms with Gasteiger partial charge in [-0.2, -0.15) is 4.98 Å². The standard InChI is InChI=1S/C10H7BrFIN4/c11-6-3-5(13)1-2-8(6)16-9-7(12)4-15-10(14)17-9/h1-4H,(H3,14,15,16,17). The van der Waals surface area contributed by atoms with E-state index in [9.17, 15) is 4.39 Å². The molecule has 2 rings (SSSR count). The molecule has 7 heteroatoms. The molecule has 0 aliphatic rings. The van der Waals surface area contributed by atoms with Gasteiger partial charge in [0.25, 0.3) is 0 Å². The quantitative estimate of drug-likeness (QED) is 0.748. The SMILES string of the molecule is Nc1ncc(F)c(Nc2ccc(I)cc2Br)n1. The van der Waals surface area contributed by atoms with Crippen LogP contribution in [-0.2, 0) is 0 Å². The molecule has 0 amide bonds. The van der Waals surface area contributed by atoms with Crippen LogP contribution in [0, 0.1) is 9.39 Å². The van der Waals surface area contributed by atoms with E-state index in [2.05, 4.69) is 53.8 Å². The largest absolute Gasteiger partial charge is 0.368 e. The van der Waals surface area contributed by atoms with Crippen molar-refractivity contribution in [2.45, 2.75) is 0 Å².